The Labute approximate surface area is 86.3 Å². The first-order chi connectivity index (χ1) is 6.97. The molecule has 0 saturated carbocycles. The van der Waals surface area contributed by atoms with Crippen LogP contribution in [0, 0.1) is 0 Å². The van der Waals surface area contributed by atoms with Crippen molar-refractivity contribution in [3.8, 4) is 0 Å². The van der Waals surface area contributed by atoms with Crippen LogP contribution in [0.1, 0.15) is 6.42 Å². The minimum Gasteiger partial charge on any atom is -0.480 e. The first kappa shape index (κ1) is 12.9. The second kappa shape index (κ2) is 6.41. The van der Waals surface area contributed by atoms with Crippen LogP contribution in [0.5, 0.6) is 0 Å². The molecular weight excluding hydrogens is 202 g/mol. The molecule has 0 bridgehead atoms. The van der Waals surface area contributed by atoms with E-state index in [0.29, 0.717) is 0 Å². The van der Waals surface area contributed by atoms with Crippen LogP contribution in [0.4, 0.5) is 4.79 Å². The summed E-state index contributed by atoms with van der Waals surface area (Å²) in [6.07, 6.45) is 1.46. The van der Waals surface area contributed by atoms with E-state index >= 15 is 0 Å². The fraction of sp³-hybridized carbons (Fsp3) is 0.375. The standard InChI is InChI=1S/C8H13N3O4/c1-2-3-5(7(13)14)11-8(15)10-4-6(9)12/h2,5H,1,3-4H2,(H2,9,12)(H,13,14)(H2,10,11,15). The zero-order valence-corrected chi connectivity index (χ0v) is 8.03. The van der Waals surface area contributed by atoms with Gasteiger partial charge in [-0.1, -0.05) is 6.08 Å². The van der Waals surface area contributed by atoms with E-state index < -0.39 is 23.9 Å². The molecule has 0 fully saturated rings. The molecule has 0 aliphatic heterocycles. The van der Waals surface area contributed by atoms with E-state index in [-0.39, 0.29) is 13.0 Å². The highest BCUT2D eigenvalue weighted by atomic mass is 16.4. The molecule has 0 radical (unpaired) electrons. The topological polar surface area (TPSA) is 122 Å². The van der Waals surface area contributed by atoms with Crippen LogP contribution in [0.25, 0.3) is 0 Å². The molecule has 84 valence electrons. The monoisotopic (exact) mass is 215 g/mol. The van der Waals surface area contributed by atoms with Gasteiger partial charge >= 0.3 is 12.0 Å². The van der Waals surface area contributed by atoms with Crippen molar-refractivity contribution >= 4 is 17.9 Å². The van der Waals surface area contributed by atoms with Gasteiger partial charge in [0, 0.05) is 0 Å². The highest BCUT2D eigenvalue weighted by Gasteiger charge is 2.17. The minimum absolute atomic E-state index is 0.0966. The molecule has 0 aliphatic rings. The Kier molecular flexibility index (Phi) is 5.53. The number of hydrogen-bond donors (Lipinski definition) is 4. The molecule has 0 aromatic heterocycles. The molecule has 3 amide bonds. The van der Waals surface area contributed by atoms with Gasteiger partial charge in [-0.3, -0.25) is 4.79 Å². The molecule has 0 spiro atoms. The average molecular weight is 215 g/mol. The maximum atomic E-state index is 11.0. The lowest BCUT2D eigenvalue weighted by Gasteiger charge is -2.12. The summed E-state index contributed by atoms with van der Waals surface area (Å²) in [5.74, 6) is -1.88. The third-order valence-electron chi connectivity index (χ3n) is 1.43. The van der Waals surface area contributed by atoms with Crippen LogP contribution in [0.3, 0.4) is 0 Å². The van der Waals surface area contributed by atoms with E-state index in [2.05, 4.69) is 17.2 Å². The van der Waals surface area contributed by atoms with Crippen molar-refractivity contribution in [1.82, 2.24) is 10.6 Å². The quantitative estimate of drug-likeness (QED) is 0.416. The van der Waals surface area contributed by atoms with Crippen LogP contribution in [0.2, 0.25) is 0 Å². The summed E-state index contributed by atoms with van der Waals surface area (Å²) in [5, 5.41) is 12.9. The number of carbonyl (C=O) groups is 3. The van der Waals surface area contributed by atoms with Crippen molar-refractivity contribution in [2.24, 2.45) is 5.73 Å². The van der Waals surface area contributed by atoms with Gasteiger partial charge < -0.3 is 21.5 Å². The number of carboxylic acids is 1. The van der Waals surface area contributed by atoms with Crippen LogP contribution in [-0.4, -0.2) is 35.6 Å². The maximum Gasteiger partial charge on any atom is 0.326 e. The summed E-state index contributed by atoms with van der Waals surface area (Å²) in [7, 11) is 0. The Morgan fingerprint density at radius 2 is 2.07 bits per heavy atom. The number of nitrogens with two attached hydrogens (primary N) is 1. The molecule has 1 atom stereocenters. The van der Waals surface area contributed by atoms with E-state index in [1.807, 2.05) is 0 Å². The summed E-state index contributed by atoms with van der Waals surface area (Å²) in [5.41, 5.74) is 4.78. The largest absolute Gasteiger partial charge is 0.480 e. The fourth-order valence-electron chi connectivity index (χ4n) is 0.765. The lowest BCUT2D eigenvalue weighted by atomic mass is 10.2. The van der Waals surface area contributed by atoms with E-state index in [9.17, 15) is 14.4 Å². The van der Waals surface area contributed by atoms with E-state index in [1.54, 1.807) is 0 Å². The third-order valence-corrected chi connectivity index (χ3v) is 1.43. The molecule has 0 saturated heterocycles. The van der Waals surface area contributed by atoms with Crippen molar-refractivity contribution in [1.29, 1.82) is 0 Å². The van der Waals surface area contributed by atoms with Gasteiger partial charge in [0.05, 0.1) is 6.54 Å². The number of hydrogen-bond acceptors (Lipinski definition) is 3. The van der Waals surface area contributed by atoms with Gasteiger partial charge in [-0.05, 0) is 6.42 Å². The summed E-state index contributed by atoms with van der Waals surface area (Å²) < 4.78 is 0. The van der Waals surface area contributed by atoms with Crippen molar-refractivity contribution in [3.05, 3.63) is 12.7 Å². The highest BCUT2D eigenvalue weighted by molar-refractivity contribution is 5.85. The molecule has 0 rings (SSSR count). The lowest BCUT2D eigenvalue weighted by Crippen LogP contribution is -2.47. The summed E-state index contributed by atoms with van der Waals surface area (Å²) >= 11 is 0. The average Bonchev–Trinajstić information content (AvgIpc) is 2.14. The Bertz CT molecular complexity index is 277. The molecule has 0 aliphatic carbocycles. The second-order valence-electron chi connectivity index (χ2n) is 2.71. The molecule has 0 aromatic carbocycles. The highest BCUT2D eigenvalue weighted by Crippen LogP contribution is 1.92. The Hall–Kier alpha value is -2.05. The molecule has 7 heteroatoms. The van der Waals surface area contributed by atoms with Crippen molar-refractivity contribution in [2.75, 3.05) is 6.54 Å². The van der Waals surface area contributed by atoms with E-state index in [0.717, 1.165) is 0 Å². The number of aliphatic carboxylic acids is 1. The number of amides is 3. The lowest BCUT2D eigenvalue weighted by molar-refractivity contribution is -0.139. The van der Waals surface area contributed by atoms with Gasteiger partial charge in [-0.2, -0.15) is 0 Å². The van der Waals surface area contributed by atoms with E-state index in [1.165, 1.54) is 6.08 Å². The van der Waals surface area contributed by atoms with Gasteiger partial charge in [-0.25, -0.2) is 9.59 Å². The predicted octanol–water partition coefficient (Wildman–Crippen LogP) is -1.20. The number of carbonyl (C=O) groups excluding carboxylic acids is 2. The van der Waals surface area contributed by atoms with Crippen molar-refractivity contribution in [3.63, 3.8) is 0 Å². The normalized spacial score (nSPS) is 11.2. The SMILES string of the molecule is C=CCC(NC(=O)NCC(N)=O)C(=O)O. The molecular formula is C8H13N3O4. The molecule has 15 heavy (non-hydrogen) atoms. The smallest absolute Gasteiger partial charge is 0.326 e. The van der Waals surface area contributed by atoms with Crippen molar-refractivity contribution in [2.45, 2.75) is 12.5 Å². The predicted molar refractivity (Wildman–Crippen MR) is 52.0 cm³/mol. The first-order valence-electron chi connectivity index (χ1n) is 4.13. The Morgan fingerprint density at radius 3 is 2.47 bits per heavy atom. The number of nitrogens with one attached hydrogen (secondary N) is 2. The van der Waals surface area contributed by atoms with Crippen molar-refractivity contribution < 1.29 is 19.5 Å². The summed E-state index contributed by atoms with van der Waals surface area (Å²) in [6, 6.07) is -1.82. The van der Waals surface area contributed by atoms with Gasteiger partial charge in [0.2, 0.25) is 5.91 Å². The molecule has 0 aromatic rings. The minimum atomic E-state index is -1.18. The zero-order chi connectivity index (χ0) is 11.8. The Balaban J connectivity index is 4.05. The molecule has 5 N–H and O–H groups in total. The third kappa shape index (κ3) is 6.08. The van der Waals surface area contributed by atoms with Gasteiger partial charge in [0.1, 0.15) is 6.04 Å². The molecule has 1 unspecified atom stereocenters. The van der Waals surface area contributed by atoms with Crippen LogP contribution < -0.4 is 16.4 Å². The van der Waals surface area contributed by atoms with E-state index in [4.69, 9.17) is 10.8 Å². The van der Waals surface area contributed by atoms with Crippen LogP contribution in [-0.2, 0) is 9.59 Å². The maximum absolute atomic E-state index is 11.0. The number of urea groups is 1. The second-order valence-corrected chi connectivity index (χ2v) is 2.71. The van der Waals surface area contributed by atoms with Gasteiger partial charge in [0.15, 0.2) is 0 Å². The first-order valence-corrected chi connectivity index (χ1v) is 4.13. The number of carboxylic acid groups (broad SMARTS) is 1. The summed E-state index contributed by atoms with van der Waals surface area (Å²) in [4.78, 5) is 31.9. The van der Waals surface area contributed by atoms with Gasteiger partial charge in [0.25, 0.3) is 0 Å². The van der Waals surface area contributed by atoms with Crippen LogP contribution >= 0.6 is 0 Å². The number of primary amides is 1. The Morgan fingerprint density at radius 1 is 1.47 bits per heavy atom. The number of rotatable bonds is 6. The summed E-state index contributed by atoms with van der Waals surface area (Å²) in [6.45, 7) is 3.01. The van der Waals surface area contributed by atoms with Gasteiger partial charge in [-0.15, -0.1) is 6.58 Å². The molecule has 0 heterocycles. The molecule has 7 nitrogen and oxygen atoms in total. The zero-order valence-electron chi connectivity index (χ0n) is 8.03. The fourth-order valence-corrected chi connectivity index (χ4v) is 0.765. The van der Waals surface area contributed by atoms with Crippen LogP contribution in [0.15, 0.2) is 12.7 Å².